The van der Waals surface area contributed by atoms with E-state index in [-0.39, 0.29) is 33.7 Å². The molecular formula is C74H101N3. The van der Waals surface area contributed by atoms with Crippen LogP contribution >= 0.6 is 0 Å². The van der Waals surface area contributed by atoms with Gasteiger partial charge in [-0.25, -0.2) is 0 Å². The lowest BCUT2D eigenvalue weighted by Crippen LogP contribution is -2.45. The van der Waals surface area contributed by atoms with Crippen LogP contribution in [0, 0.1) is 23.7 Å². The summed E-state index contributed by atoms with van der Waals surface area (Å²) < 4.78 is 0. The van der Waals surface area contributed by atoms with Crippen LogP contribution in [0.2, 0.25) is 0 Å². The topological polar surface area (TPSA) is 18.5 Å². The summed E-state index contributed by atoms with van der Waals surface area (Å²) in [5, 5.41) is 4.12. The van der Waals surface area contributed by atoms with Gasteiger partial charge >= 0.3 is 0 Å². The number of benzene rings is 4. The van der Waals surface area contributed by atoms with Crippen molar-refractivity contribution in [1.29, 1.82) is 0 Å². The highest BCUT2D eigenvalue weighted by atomic mass is 15.2. The van der Waals surface area contributed by atoms with Crippen LogP contribution in [0.5, 0.6) is 0 Å². The minimum Gasteiger partial charge on any atom is -0.358 e. The van der Waals surface area contributed by atoms with Gasteiger partial charge in [-0.1, -0.05) is 193 Å². The highest BCUT2D eigenvalue weighted by molar-refractivity contribution is 5.89. The van der Waals surface area contributed by atoms with Gasteiger partial charge in [-0.2, -0.15) is 0 Å². The molecule has 0 fully saturated rings. The Bertz CT molecular complexity index is 2990. The van der Waals surface area contributed by atoms with Gasteiger partial charge < -0.3 is 15.1 Å². The zero-order valence-corrected chi connectivity index (χ0v) is 52.3. The van der Waals surface area contributed by atoms with Crippen molar-refractivity contribution in [1.82, 2.24) is 0 Å². The van der Waals surface area contributed by atoms with Crippen LogP contribution in [0.25, 0.3) is 16.7 Å². The van der Waals surface area contributed by atoms with Crippen molar-refractivity contribution in [3.05, 3.63) is 195 Å². The molecule has 0 radical (unpaired) electrons. The third kappa shape index (κ3) is 13.6. The van der Waals surface area contributed by atoms with E-state index >= 15 is 0 Å². The van der Waals surface area contributed by atoms with Crippen molar-refractivity contribution in [3.8, 4) is 11.1 Å². The Labute approximate surface area is 470 Å². The standard InChI is InChI=1S/C74H101N3/c1-24-32-64(74(21,22)23)54(11)76(67-42-39-58(72(15,16)17)45-63(67)55-33-28-27-29-34-55)53(10)51(8)65(26-3)75-66-46-59(73(18,19)20)47-69(52(66)9)77(68(48(4)5)44-50(7)71(12,13)14)60-40-37-56(38-41-60)61(25-2)70-49(6)43-57-35-30-31-36-62(57)70/h25-29,31-34,36-42,45-47,50,53-54,75H,3,24,30,35,43-44H2,1-2,4-23H3/b61-25-,64-32+,65-51+. The van der Waals surface area contributed by atoms with Gasteiger partial charge in [0.25, 0.3) is 0 Å². The number of allylic oxidation sites excluding steroid dienone is 12. The molecule has 0 heterocycles. The summed E-state index contributed by atoms with van der Waals surface area (Å²) in [6.45, 7) is 56.1. The molecule has 3 atom stereocenters. The molecular weight excluding hydrogens is 931 g/mol. The predicted molar refractivity (Wildman–Crippen MR) is 343 cm³/mol. The second-order valence-electron chi connectivity index (χ2n) is 27.1. The Kier molecular flexibility index (Phi) is 18.9. The largest absolute Gasteiger partial charge is 0.358 e. The van der Waals surface area contributed by atoms with Crippen LogP contribution < -0.4 is 15.1 Å². The second-order valence-corrected chi connectivity index (χ2v) is 27.1. The molecule has 412 valence electrons. The van der Waals surface area contributed by atoms with E-state index in [1.54, 1.807) is 5.57 Å². The zero-order chi connectivity index (χ0) is 57.1. The van der Waals surface area contributed by atoms with Gasteiger partial charge in [0.05, 0.1) is 11.7 Å². The Balaban J connectivity index is 1.57. The lowest BCUT2D eigenvalue weighted by Gasteiger charge is -2.43. The number of rotatable bonds is 17. The molecule has 2 aliphatic carbocycles. The fourth-order valence-electron chi connectivity index (χ4n) is 11.7. The van der Waals surface area contributed by atoms with Gasteiger partial charge in [0, 0.05) is 40.1 Å². The van der Waals surface area contributed by atoms with Crippen LogP contribution in [0.15, 0.2) is 172 Å². The molecule has 77 heavy (non-hydrogen) atoms. The van der Waals surface area contributed by atoms with Crippen molar-refractivity contribution < 1.29 is 0 Å². The summed E-state index contributed by atoms with van der Waals surface area (Å²) in [5.41, 5.74) is 25.8. The smallest absolute Gasteiger partial charge is 0.0511 e. The van der Waals surface area contributed by atoms with Crippen molar-refractivity contribution in [2.24, 2.45) is 16.7 Å². The minimum absolute atomic E-state index is 0.00930. The number of anilines is 4. The third-order valence-corrected chi connectivity index (χ3v) is 17.1. The van der Waals surface area contributed by atoms with Gasteiger partial charge in [0.15, 0.2) is 0 Å². The third-order valence-electron chi connectivity index (χ3n) is 17.1. The van der Waals surface area contributed by atoms with E-state index in [1.165, 1.54) is 95.2 Å². The van der Waals surface area contributed by atoms with E-state index in [0.29, 0.717) is 5.92 Å². The fraction of sp³-hybridized carbons (Fsp3) is 0.459. The van der Waals surface area contributed by atoms with Crippen molar-refractivity contribution >= 4 is 28.3 Å². The Morgan fingerprint density at radius 3 is 1.94 bits per heavy atom. The summed E-state index contributed by atoms with van der Waals surface area (Å²) >= 11 is 0. The van der Waals surface area contributed by atoms with Gasteiger partial charge in [-0.3, -0.25) is 0 Å². The average molecular weight is 1030 g/mol. The molecule has 0 saturated heterocycles. The first kappa shape index (κ1) is 60.4. The molecule has 3 nitrogen and oxygen atoms in total. The van der Waals surface area contributed by atoms with Crippen LogP contribution in [0.4, 0.5) is 22.7 Å². The summed E-state index contributed by atoms with van der Waals surface area (Å²) in [5.74, 6) is 0.429. The Morgan fingerprint density at radius 2 is 1.39 bits per heavy atom. The molecule has 0 aliphatic heterocycles. The van der Waals surface area contributed by atoms with Crippen molar-refractivity contribution in [2.75, 3.05) is 15.1 Å². The highest BCUT2D eigenvalue weighted by Crippen LogP contribution is 2.48. The molecule has 1 N–H and O–H groups in total. The number of nitrogens with one attached hydrogen (secondary N) is 1. The summed E-state index contributed by atoms with van der Waals surface area (Å²) in [6, 6.07) is 32.7. The summed E-state index contributed by atoms with van der Waals surface area (Å²) in [7, 11) is 0. The first-order chi connectivity index (χ1) is 35.9. The van der Waals surface area contributed by atoms with E-state index in [0.717, 1.165) is 43.5 Å². The van der Waals surface area contributed by atoms with E-state index in [4.69, 9.17) is 0 Å². The van der Waals surface area contributed by atoms with Crippen LogP contribution in [0.3, 0.4) is 0 Å². The van der Waals surface area contributed by atoms with Gasteiger partial charge in [0.2, 0.25) is 0 Å². The average Bonchev–Trinajstić information content (AvgIpc) is 3.69. The molecule has 4 aromatic carbocycles. The normalized spacial score (nSPS) is 16.2. The molecule has 6 rings (SSSR count). The number of hydrogen-bond donors (Lipinski definition) is 1. The first-order valence-electron chi connectivity index (χ1n) is 29.2. The lowest BCUT2D eigenvalue weighted by atomic mass is 9.78. The van der Waals surface area contributed by atoms with Crippen molar-refractivity contribution in [3.63, 3.8) is 0 Å². The molecule has 0 aromatic heterocycles. The minimum atomic E-state index is -0.137. The predicted octanol–water partition coefficient (Wildman–Crippen LogP) is 22.1. The van der Waals surface area contributed by atoms with E-state index in [9.17, 15) is 0 Å². The Hall–Kier alpha value is -5.80. The molecule has 3 heteroatoms. The maximum Gasteiger partial charge on any atom is 0.0511 e. The number of hydrogen-bond acceptors (Lipinski definition) is 3. The fourth-order valence-corrected chi connectivity index (χ4v) is 11.7. The van der Waals surface area contributed by atoms with Crippen LogP contribution in [-0.4, -0.2) is 12.1 Å². The SMILES string of the molecule is C=C/C(Nc1cc(C(C)(C)C)cc(N(C(CC(C)C(C)(C)C)=C(C)C)c2ccc(/C(=C/C)C3=C(C)CC4=C3C=CCC4)cc2)c1C)=C(/C)C(C)N(c1ccc(C(C)(C)C)cc1-c1ccccc1)C(C)/C(=C\CC)C(C)(C)C. The molecule has 0 amide bonds. The van der Waals surface area contributed by atoms with Gasteiger partial charge in [-0.15, -0.1) is 0 Å². The first-order valence-corrected chi connectivity index (χ1v) is 29.2. The Morgan fingerprint density at radius 1 is 0.753 bits per heavy atom. The monoisotopic (exact) mass is 1030 g/mol. The summed E-state index contributed by atoms with van der Waals surface area (Å²) in [4.78, 5) is 5.30. The summed E-state index contributed by atoms with van der Waals surface area (Å²) in [6.07, 6.45) is 16.9. The van der Waals surface area contributed by atoms with Gasteiger partial charge in [0.1, 0.15) is 0 Å². The molecule has 3 unspecified atom stereocenters. The van der Waals surface area contributed by atoms with E-state index < -0.39 is 0 Å². The maximum atomic E-state index is 4.56. The molecule has 0 spiro atoms. The zero-order valence-electron chi connectivity index (χ0n) is 52.3. The van der Waals surface area contributed by atoms with Crippen molar-refractivity contribution in [2.45, 2.75) is 207 Å². The lowest BCUT2D eigenvalue weighted by molar-refractivity contribution is 0.258. The second kappa shape index (κ2) is 24.1. The van der Waals surface area contributed by atoms with E-state index in [2.05, 4.69) is 289 Å². The molecule has 4 aromatic rings. The van der Waals surface area contributed by atoms with Crippen LogP contribution in [0.1, 0.15) is 200 Å². The molecule has 0 bridgehead atoms. The van der Waals surface area contributed by atoms with Crippen LogP contribution in [-0.2, 0) is 10.8 Å². The highest BCUT2D eigenvalue weighted by Gasteiger charge is 2.34. The molecule has 2 aliphatic rings. The quantitative estimate of drug-likeness (QED) is 0.0840. The maximum absolute atomic E-state index is 4.56. The van der Waals surface area contributed by atoms with Gasteiger partial charge in [-0.05, 0) is 213 Å². The van der Waals surface area contributed by atoms with E-state index in [1.807, 2.05) is 0 Å². The molecule has 0 saturated carbocycles. The number of nitrogens with zero attached hydrogens (tertiary/aromatic N) is 2.